The molecule has 0 aromatic rings. The number of carbonyl (C=O) groups is 2. The van der Waals surface area contributed by atoms with Gasteiger partial charge in [0.25, 0.3) is 0 Å². The van der Waals surface area contributed by atoms with Crippen LogP contribution in [-0.4, -0.2) is 82.9 Å². The number of nitrogens with two attached hydrogens (primary N) is 1. The van der Waals surface area contributed by atoms with Gasteiger partial charge in [-0.2, -0.15) is 0 Å². The van der Waals surface area contributed by atoms with Crippen molar-refractivity contribution in [2.24, 2.45) is 5.73 Å². The Morgan fingerprint density at radius 3 is 1.73 bits per heavy atom. The molecule has 0 radical (unpaired) electrons. The van der Waals surface area contributed by atoms with E-state index in [4.69, 9.17) is 29.8 Å². The van der Waals surface area contributed by atoms with E-state index in [0.29, 0.717) is 52.8 Å². The Balaban J connectivity index is 3.02. The molecule has 0 bridgehead atoms. The molecule has 0 saturated heterocycles. The molecule has 0 unspecified atom stereocenters. The molecule has 0 aliphatic carbocycles. The van der Waals surface area contributed by atoms with Gasteiger partial charge >= 0.3 is 5.97 Å². The van der Waals surface area contributed by atoms with Gasteiger partial charge in [-0.25, -0.2) is 0 Å². The summed E-state index contributed by atoms with van der Waals surface area (Å²) in [6.45, 7) is 3.56. The summed E-state index contributed by atoms with van der Waals surface area (Å²) < 4.78 is 20.8. The Hall–Kier alpha value is -1.26. The highest BCUT2D eigenvalue weighted by Crippen LogP contribution is 1.85. The molecule has 0 spiro atoms. The molecule has 0 aliphatic rings. The van der Waals surface area contributed by atoms with E-state index in [1.807, 2.05) is 0 Å². The van der Waals surface area contributed by atoms with Crippen LogP contribution in [0.1, 0.15) is 6.42 Å². The Morgan fingerprint density at radius 1 is 0.818 bits per heavy atom. The monoisotopic (exact) mass is 322 g/mol. The molecule has 0 aromatic heterocycles. The predicted molar refractivity (Wildman–Crippen MR) is 77.6 cm³/mol. The smallest absolute Gasteiger partial charge is 0.305 e. The van der Waals surface area contributed by atoms with E-state index in [1.165, 1.54) is 0 Å². The van der Waals surface area contributed by atoms with E-state index >= 15 is 0 Å². The largest absolute Gasteiger partial charge is 0.481 e. The van der Waals surface area contributed by atoms with Gasteiger partial charge in [-0.1, -0.05) is 0 Å². The number of nitrogens with one attached hydrogen (secondary N) is 1. The van der Waals surface area contributed by atoms with E-state index < -0.39 is 5.97 Å². The SMILES string of the molecule is NCC(=O)NCCOCCOCCOCCOCCC(=O)O. The van der Waals surface area contributed by atoms with Gasteiger partial charge in [-0.3, -0.25) is 9.59 Å². The number of aliphatic carboxylic acids is 1. The average molecular weight is 322 g/mol. The van der Waals surface area contributed by atoms with Gasteiger partial charge in [-0.05, 0) is 0 Å². The molecule has 130 valence electrons. The first-order valence-electron chi connectivity index (χ1n) is 7.16. The van der Waals surface area contributed by atoms with Crippen molar-refractivity contribution in [3.63, 3.8) is 0 Å². The number of hydrogen-bond acceptors (Lipinski definition) is 7. The van der Waals surface area contributed by atoms with E-state index in [9.17, 15) is 9.59 Å². The van der Waals surface area contributed by atoms with E-state index in [2.05, 4.69) is 5.32 Å². The zero-order chi connectivity index (χ0) is 16.5. The summed E-state index contributed by atoms with van der Waals surface area (Å²) in [5.41, 5.74) is 5.12. The molecule has 0 atom stereocenters. The fourth-order valence-electron chi connectivity index (χ4n) is 1.26. The molecule has 4 N–H and O–H groups in total. The molecule has 0 rings (SSSR count). The second-order valence-corrected chi connectivity index (χ2v) is 4.15. The molecule has 0 fully saturated rings. The van der Waals surface area contributed by atoms with Crippen molar-refractivity contribution in [3.05, 3.63) is 0 Å². The lowest BCUT2D eigenvalue weighted by Gasteiger charge is -2.07. The molecular formula is C13H26N2O7. The highest BCUT2D eigenvalue weighted by molar-refractivity contribution is 5.77. The molecule has 9 heteroatoms. The molecular weight excluding hydrogens is 296 g/mol. The molecule has 0 aromatic carbocycles. The van der Waals surface area contributed by atoms with Crippen molar-refractivity contribution in [1.29, 1.82) is 0 Å². The Labute approximate surface area is 130 Å². The number of rotatable bonds is 16. The summed E-state index contributed by atoms with van der Waals surface area (Å²) in [7, 11) is 0. The summed E-state index contributed by atoms with van der Waals surface area (Å²) >= 11 is 0. The summed E-state index contributed by atoms with van der Waals surface area (Å²) in [4.78, 5) is 21.0. The van der Waals surface area contributed by atoms with Crippen molar-refractivity contribution in [3.8, 4) is 0 Å². The molecule has 22 heavy (non-hydrogen) atoms. The first kappa shape index (κ1) is 20.7. The van der Waals surface area contributed by atoms with Crippen molar-refractivity contribution in [2.45, 2.75) is 6.42 Å². The van der Waals surface area contributed by atoms with Crippen LogP contribution in [0.2, 0.25) is 0 Å². The van der Waals surface area contributed by atoms with E-state index in [1.54, 1.807) is 0 Å². The first-order chi connectivity index (χ1) is 10.7. The van der Waals surface area contributed by atoms with Crippen LogP contribution in [-0.2, 0) is 28.5 Å². The predicted octanol–water partition coefficient (Wildman–Crippen LogP) is -1.40. The van der Waals surface area contributed by atoms with Crippen LogP contribution < -0.4 is 11.1 Å². The van der Waals surface area contributed by atoms with Gasteiger partial charge in [0.15, 0.2) is 0 Å². The fourth-order valence-corrected chi connectivity index (χ4v) is 1.26. The normalized spacial score (nSPS) is 10.6. The van der Waals surface area contributed by atoms with Gasteiger partial charge in [0.2, 0.25) is 5.91 Å². The minimum atomic E-state index is -0.877. The third-order valence-corrected chi connectivity index (χ3v) is 2.33. The number of carboxylic acid groups (broad SMARTS) is 1. The van der Waals surface area contributed by atoms with E-state index in [-0.39, 0.29) is 25.5 Å². The lowest BCUT2D eigenvalue weighted by Crippen LogP contribution is -2.32. The molecule has 0 aliphatic heterocycles. The number of hydrogen-bond donors (Lipinski definition) is 3. The topological polar surface area (TPSA) is 129 Å². The standard InChI is InChI=1S/C13H26N2O7/c14-11-12(16)15-2-4-20-6-8-22-10-9-21-7-5-19-3-1-13(17)18/h1-11,14H2,(H,15,16)(H,17,18). The number of amides is 1. The summed E-state index contributed by atoms with van der Waals surface area (Å²) in [6, 6.07) is 0. The minimum Gasteiger partial charge on any atom is -0.481 e. The zero-order valence-corrected chi connectivity index (χ0v) is 12.8. The highest BCUT2D eigenvalue weighted by atomic mass is 16.6. The first-order valence-corrected chi connectivity index (χ1v) is 7.16. The van der Waals surface area contributed by atoms with Crippen LogP contribution in [0.15, 0.2) is 0 Å². The maximum absolute atomic E-state index is 10.8. The molecule has 9 nitrogen and oxygen atoms in total. The van der Waals surface area contributed by atoms with Gasteiger partial charge in [0.05, 0.1) is 65.8 Å². The highest BCUT2D eigenvalue weighted by Gasteiger charge is 1.97. The van der Waals surface area contributed by atoms with Crippen LogP contribution in [0.5, 0.6) is 0 Å². The third-order valence-electron chi connectivity index (χ3n) is 2.33. The van der Waals surface area contributed by atoms with Crippen LogP contribution in [0.25, 0.3) is 0 Å². The lowest BCUT2D eigenvalue weighted by atomic mass is 10.5. The van der Waals surface area contributed by atoms with Crippen LogP contribution in [0, 0.1) is 0 Å². The van der Waals surface area contributed by atoms with E-state index in [0.717, 1.165) is 0 Å². The third kappa shape index (κ3) is 16.8. The van der Waals surface area contributed by atoms with Crippen LogP contribution in [0.4, 0.5) is 0 Å². The second kappa shape index (κ2) is 16.1. The fraction of sp³-hybridized carbons (Fsp3) is 0.846. The summed E-state index contributed by atoms with van der Waals surface area (Å²) in [6.07, 6.45) is -0.000978. The summed E-state index contributed by atoms with van der Waals surface area (Å²) in [5.74, 6) is -1.08. The number of carboxylic acids is 1. The van der Waals surface area contributed by atoms with Crippen molar-refractivity contribution in [2.75, 3.05) is 65.9 Å². The molecule has 1 amide bonds. The average Bonchev–Trinajstić information content (AvgIpc) is 2.50. The van der Waals surface area contributed by atoms with Crippen molar-refractivity contribution >= 4 is 11.9 Å². The Kier molecular flexibility index (Phi) is 15.2. The molecule has 0 heterocycles. The maximum atomic E-state index is 10.8. The number of carbonyl (C=O) groups excluding carboxylic acids is 1. The second-order valence-electron chi connectivity index (χ2n) is 4.15. The Bertz CT molecular complexity index is 290. The maximum Gasteiger partial charge on any atom is 0.305 e. The molecule has 0 saturated carbocycles. The lowest BCUT2D eigenvalue weighted by molar-refractivity contribution is -0.138. The zero-order valence-electron chi connectivity index (χ0n) is 12.8. The van der Waals surface area contributed by atoms with Gasteiger partial charge in [0.1, 0.15) is 0 Å². The minimum absolute atomic E-state index is 0.000978. The number of ether oxygens (including phenoxy) is 4. The Morgan fingerprint density at radius 2 is 1.27 bits per heavy atom. The van der Waals surface area contributed by atoms with Crippen LogP contribution in [0.3, 0.4) is 0 Å². The van der Waals surface area contributed by atoms with Crippen molar-refractivity contribution < 1.29 is 33.6 Å². The van der Waals surface area contributed by atoms with Gasteiger partial charge in [-0.15, -0.1) is 0 Å². The summed E-state index contributed by atoms with van der Waals surface area (Å²) in [5, 5.41) is 11.0. The van der Waals surface area contributed by atoms with Gasteiger partial charge in [0, 0.05) is 6.54 Å². The quantitative estimate of drug-likeness (QED) is 0.296. The van der Waals surface area contributed by atoms with Crippen molar-refractivity contribution in [1.82, 2.24) is 5.32 Å². The van der Waals surface area contributed by atoms with Crippen LogP contribution >= 0.6 is 0 Å². The van der Waals surface area contributed by atoms with Gasteiger partial charge < -0.3 is 35.1 Å².